The highest BCUT2D eigenvalue weighted by Gasteiger charge is 2.39. The molecule has 0 bridgehead atoms. The lowest BCUT2D eigenvalue weighted by Crippen LogP contribution is -2.50. The molecule has 0 aliphatic carbocycles. The van der Waals surface area contributed by atoms with Gasteiger partial charge in [0.25, 0.3) is 0 Å². The second kappa shape index (κ2) is 6.85. The summed E-state index contributed by atoms with van der Waals surface area (Å²) < 4.78 is 55.5. The van der Waals surface area contributed by atoms with Crippen molar-refractivity contribution in [3.63, 3.8) is 0 Å². The molecule has 5 nitrogen and oxygen atoms in total. The summed E-state index contributed by atoms with van der Waals surface area (Å²) in [5.74, 6) is 3.61. The first kappa shape index (κ1) is 20.8. The molecule has 1 unspecified atom stereocenters. The van der Waals surface area contributed by atoms with Crippen LogP contribution in [0.1, 0.15) is 11.8 Å². The number of thiophene rings is 1. The Hall–Kier alpha value is -1.91. The summed E-state index contributed by atoms with van der Waals surface area (Å²) in [5, 5.41) is 0.362. The van der Waals surface area contributed by atoms with E-state index in [0.717, 1.165) is 0 Å². The smallest absolute Gasteiger partial charge is 0.406 e. The molecule has 28 heavy (non-hydrogen) atoms. The van der Waals surface area contributed by atoms with Gasteiger partial charge in [0.05, 0.1) is 25.4 Å². The molecular formula is C17H17ClF3N3O2S2. The molecule has 0 radical (unpaired) electrons. The minimum atomic E-state index is -4.78. The zero-order valence-corrected chi connectivity index (χ0v) is 17.3. The van der Waals surface area contributed by atoms with Crippen molar-refractivity contribution in [3.8, 4) is 16.2 Å². The standard InChI is InChI=1S/C17H17ClF3N3O2S2/c1-16(9-28(3,25)24(2)15(22)23-16)14-12(18)8-13(27-14)10-5-4-6-11(7-10)26-17(19,20)21/h4-8H,3,9H2,1-2H3,(H2,22,23)/t16-,28?/m0/s1. The first-order valence-corrected chi connectivity index (χ1v) is 11.0. The van der Waals surface area contributed by atoms with Crippen molar-refractivity contribution in [2.45, 2.75) is 18.8 Å². The van der Waals surface area contributed by atoms with Crippen molar-refractivity contribution in [1.82, 2.24) is 4.31 Å². The fourth-order valence-corrected chi connectivity index (χ4v) is 6.29. The molecule has 2 N–H and O–H groups in total. The van der Waals surface area contributed by atoms with E-state index in [-0.39, 0.29) is 17.5 Å². The van der Waals surface area contributed by atoms with Gasteiger partial charge in [-0.25, -0.2) is 9.20 Å². The summed E-state index contributed by atoms with van der Waals surface area (Å²) in [7, 11) is -1.13. The van der Waals surface area contributed by atoms with Gasteiger partial charge in [0.2, 0.25) is 5.96 Å². The van der Waals surface area contributed by atoms with E-state index in [2.05, 4.69) is 15.6 Å². The Morgan fingerprint density at radius 2 is 2.11 bits per heavy atom. The molecular weight excluding hydrogens is 435 g/mol. The van der Waals surface area contributed by atoms with E-state index < -0.39 is 21.6 Å². The van der Waals surface area contributed by atoms with Gasteiger partial charge in [-0.15, -0.1) is 24.5 Å². The maximum Gasteiger partial charge on any atom is 0.573 e. The van der Waals surface area contributed by atoms with Gasteiger partial charge in [-0.05, 0) is 36.6 Å². The highest BCUT2D eigenvalue weighted by molar-refractivity contribution is 7.98. The minimum absolute atomic E-state index is 0.0836. The molecule has 1 aliphatic rings. The van der Waals surface area contributed by atoms with Crippen molar-refractivity contribution in [2.75, 3.05) is 12.8 Å². The van der Waals surface area contributed by atoms with Crippen molar-refractivity contribution in [3.05, 3.63) is 40.2 Å². The highest BCUT2D eigenvalue weighted by atomic mass is 35.5. The van der Waals surface area contributed by atoms with E-state index in [4.69, 9.17) is 17.3 Å². The third kappa shape index (κ3) is 4.08. The Bertz CT molecular complexity index is 1050. The lowest BCUT2D eigenvalue weighted by Gasteiger charge is -2.36. The van der Waals surface area contributed by atoms with E-state index in [1.165, 1.54) is 33.8 Å². The molecule has 1 aliphatic heterocycles. The van der Waals surface area contributed by atoms with Crippen LogP contribution in [0.2, 0.25) is 5.02 Å². The lowest BCUT2D eigenvalue weighted by molar-refractivity contribution is -0.274. The second-order valence-electron chi connectivity index (χ2n) is 6.52. The lowest BCUT2D eigenvalue weighted by atomic mass is 10.0. The van der Waals surface area contributed by atoms with Crippen molar-refractivity contribution < 1.29 is 22.1 Å². The fourth-order valence-electron chi connectivity index (χ4n) is 2.90. The predicted octanol–water partition coefficient (Wildman–Crippen LogP) is 4.07. The van der Waals surface area contributed by atoms with Crippen LogP contribution in [0.25, 0.3) is 10.4 Å². The van der Waals surface area contributed by atoms with Crippen LogP contribution in [0.4, 0.5) is 13.2 Å². The average Bonchev–Trinajstić information content (AvgIpc) is 2.94. The average molecular weight is 452 g/mol. The molecule has 1 aromatic carbocycles. The van der Waals surface area contributed by atoms with Crippen molar-refractivity contribution in [1.29, 1.82) is 0 Å². The van der Waals surface area contributed by atoms with Crippen LogP contribution < -0.4 is 10.5 Å². The highest BCUT2D eigenvalue weighted by Crippen LogP contribution is 2.44. The number of aliphatic imine (C=N–C) groups is 1. The Balaban J connectivity index is 2.02. The van der Waals surface area contributed by atoms with E-state index in [1.54, 1.807) is 26.1 Å². The minimum Gasteiger partial charge on any atom is -0.406 e. The van der Waals surface area contributed by atoms with E-state index in [1.807, 2.05) is 0 Å². The van der Waals surface area contributed by atoms with Crippen LogP contribution in [0, 0.1) is 0 Å². The number of nitrogens with two attached hydrogens (primary N) is 1. The first-order valence-electron chi connectivity index (χ1n) is 7.91. The first-order chi connectivity index (χ1) is 12.8. The summed E-state index contributed by atoms with van der Waals surface area (Å²) in [5.41, 5.74) is 5.45. The monoisotopic (exact) mass is 451 g/mol. The van der Waals surface area contributed by atoms with E-state index in [9.17, 15) is 17.4 Å². The van der Waals surface area contributed by atoms with Crippen LogP contribution in [0.5, 0.6) is 5.75 Å². The number of hydrogen-bond acceptors (Lipinski definition) is 5. The van der Waals surface area contributed by atoms with Gasteiger partial charge in [0, 0.05) is 11.9 Å². The van der Waals surface area contributed by atoms with E-state index >= 15 is 0 Å². The van der Waals surface area contributed by atoms with Gasteiger partial charge in [-0.1, -0.05) is 23.7 Å². The number of guanidine groups is 1. The molecule has 152 valence electrons. The number of benzene rings is 1. The van der Waals surface area contributed by atoms with Crippen LogP contribution >= 0.6 is 22.9 Å². The van der Waals surface area contributed by atoms with Gasteiger partial charge < -0.3 is 10.5 Å². The topological polar surface area (TPSA) is 67.9 Å². The predicted molar refractivity (Wildman–Crippen MR) is 108 cm³/mol. The van der Waals surface area contributed by atoms with Gasteiger partial charge in [-0.2, -0.15) is 0 Å². The normalized spacial score (nSPS) is 25.5. The number of rotatable bonds is 3. The van der Waals surface area contributed by atoms with Gasteiger partial charge >= 0.3 is 6.36 Å². The van der Waals surface area contributed by atoms with Crippen LogP contribution in [-0.4, -0.2) is 39.5 Å². The molecule has 0 amide bonds. The SMILES string of the molecule is C=S1(=O)C[C@@](C)(c2sc(-c3cccc(OC(F)(F)F)c3)cc2Cl)N=C(N)N1C. The number of halogens is 4. The zero-order chi connectivity index (χ0) is 20.9. The largest absolute Gasteiger partial charge is 0.573 e. The number of alkyl halides is 3. The maximum atomic E-state index is 12.8. The molecule has 11 heteroatoms. The van der Waals surface area contributed by atoms with Crippen LogP contribution in [-0.2, 0) is 15.2 Å². The molecule has 0 spiro atoms. The zero-order valence-electron chi connectivity index (χ0n) is 14.9. The van der Waals surface area contributed by atoms with Gasteiger partial charge in [-0.3, -0.25) is 4.31 Å². The molecule has 2 heterocycles. The summed E-state index contributed by atoms with van der Waals surface area (Å²) in [4.78, 5) is 5.68. The molecule has 3 rings (SSSR count). The van der Waals surface area contributed by atoms with Gasteiger partial charge in [0.1, 0.15) is 11.3 Å². The molecule has 0 saturated heterocycles. The maximum absolute atomic E-state index is 12.8. The molecule has 0 saturated carbocycles. The third-order valence-corrected chi connectivity index (χ3v) is 8.26. The molecule has 2 atom stereocenters. The summed E-state index contributed by atoms with van der Waals surface area (Å²) in [6.07, 6.45) is -4.78. The van der Waals surface area contributed by atoms with E-state index in [0.29, 0.717) is 20.3 Å². The number of nitrogens with zero attached hydrogens (tertiary/aromatic N) is 2. The molecule has 0 fully saturated rings. The quantitative estimate of drug-likeness (QED) is 0.715. The Morgan fingerprint density at radius 3 is 2.71 bits per heavy atom. The van der Waals surface area contributed by atoms with Gasteiger partial charge in [0.15, 0.2) is 0 Å². The fraction of sp³-hybridized carbons (Fsp3) is 0.294. The Morgan fingerprint density at radius 1 is 1.43 bits per heavy atom. The third-order valence-electron chi connectivity index (χ3n) is 4.22. The van der Waals surface area contributed by atoms with Crippen molar-refractivity contribution >= 4 is 44.5 Å². The van der Waals surface area contributed by atoms with Crippen LogP contribution in [0.3, 0.4) is 0 Å². The van der Waals surface area contributed by atoms with Crippen molar-refractivity contribution in [2.24, 2.45) is 10.7 Å². The molecule has 2 aromatic rings. The number of ether oxygens (including phenoxy) is 1. The summed E-state index contributed by atoms with van der Waals surface area (Å²) in [6.45, 7) is 1.75. The number of hydrogen-bond donors (Lipinski definition) is 1. The Labute approximate surface area is 169 Å². The van der Waals surface area contributed by atoms with Crippen LogP contribution in [0.15, 0.2) is 35.3 Å². The summed E-state index contributed by atoms with van der Waals surface area (Å²) >= 11 is 7.65. The molecule has 1 aromatic heterocycles. The second-order valence-corrected chi connectivity index (χ2v) is 10.4. The summed E-state index contributed by atoms with van der Waals surface area (Å²) in [6, 6.07) is 7.23. The Kier molecular flexibility index (Phi) is 5.10.